The van der Waals surface area contributed by atoms with Gasteiger partial charge in [-0.2, -0.15) is 14.9 Å². The number of anilines is 1. The van der Waals surface area contributed by atoms with Crippen LogP contribution in [0.25, 0.3) is 16.9 Å². The highest BCUT2D eigenvalue weighted by Crippen LogP contribution is 2.45. The molecule has 3 fully saturated rings. The molecule has 0 radical (unpaired) electrons. The molecule has 1 amide bonds. The van der Waals surface area contributed by atoms with Crippen LogP contribution in [0.15, 0.2) is 24.5 Å². The van der Waals surface area contributed by atoms with Crippen molar-refractivity contribution in [3.63, 3.8) is 0 Å². The zero-order valence-corrected chi connectivity index (χ0v) is 17.6. The number of fused-ring (bicyclic) bond motifs is 3. The smallest absolute Gasteiger partial charge is 0.221 e. The number of amides is 1. The summed E-state index contributed by atoms with van der Waals surface area (Å²) < 4.78 is 13.6. The molecule has 3 saturated heterocycles. The molecule has 0 aliphatic carbocycles. The number of nitrogens with zero attached hydrogens (tertiary/aromatic N) is 6. The third kappa shape index (κ3) is 2.93. The van der Waals surface area contributed by atoms with E-state index in [0.717, 1.165) is 35.6 Å². The minimum atomic E-state index is -0.149. The summed E-state index contributed by atoms with van der Waals surface area (Å²) >= 11 is 0. The molecular formula is C21H25N7O3. The van der Waals surface area contributed by atoms with Crippen LogP contribution in [0.1, 0.15) is 31.7 Å². The van der Waals surface area contributed by atoms with Crippen molar-refractivity contribution in [1.82, 2.24) is 29.9 Å². The number of likely N-dealkylation sites (tertiary alicyclic amines) is 1. The fraction of sp³-hybridized carbons (Fsp3) is 0.524. The van der Waals surface area contributed by atoms with E-state index in [-0.39, 0.29) is 30.2 Å². The predicted molar refractivity (Wildman–Crippen MR) is 112 cm³/mol. The highest BCUT2D eigenvalue weighted by atomic mass is 16.5. The predicted octanol–water partition coefficient (Wildman–Crippen LogP) is 1.43. The van der Waals surface area contributed by atoms with Gasteiger partial charge in [0.05, 0.1) is 44.3 Å². The highest BCUT2D eigenvalue weighted by molar-refractivity contribution is 5.83. The fourth-order valence-electron chi connectivity index (χ4n) is 5.14. The minimum Gasteiger partial charge on any atom is -0.377 e. The zero-order chi connectivity index (χ0) is 21.1. The van der Waals surface area contributed by atoms with Gasteiger partial charge in [-0.05, 0) is 18.6 Å². The molecule has 6 rings (SSSR count). The summed E-state index contributed by atoms with van der Waals surface area (Å²) in [5.41, 5.74) is 1.97. The first-order valence-electron chi connectivity index (χ1n) is 10.8. The third-order valence-corrected chi connectivity index (χ3v) is 6.70. The number of aromatic nitrogens is 5. The van der Waals surface area contributed by atoms with Crippen molar-refractivity contribution in [2.45, 2.75) is 44.6 Å². The number of rotatable bonds is 3. The number of carbonyl (C=O) groups excluding carboxylic acids is 1. The SMILES string of the molecule is CC(=O)N1CC2OC1CC2c1cc(N2CCOC[C@H]2C)nc2c1cnn2-c1ccn[nH]1. The first-order valence-corrected chi connectivity index (χ1v) is 10.8. The maximum absolute atomic E-state index is 11.9. The molecule has 0 spiro atoms. The summed E-state index contributed by atoms with van der Waals surface area (Å²) in [5, 5.41) is 12.7. The van der Waals surface area contributed by atoms with Crippen LogP contribution in [0.3, 0.4) is 0 Å². The summed E-state index contributed by atoms with van der Waals surface area (Å²) in [6.45, 7) is 6.55. The van der Waals surface area contributed by atoms with Crippen molar-refractivity contribution in [2.75, 3.05) is 31.2 Å². The number of H-pyrrole nitrogens is 1. The van der Waals surface area contributed by atoms with Crippen LogP contribution < -0.4 is 4.90 Å². The van der Waals surface area contributed by atoms with E-state index in [2.05, 4.69) is 33.2 Å². The van der Waals surface area contributed by atoms with Gasteiger partial charge >= 0.3 is 0 Å². The van der Waals surface area contributed by atoms with E-state index in [1.165, 1.54) is 5.56 Å². The van der Waals surface area contributed by atoms with Gasteiger partial charge in [0, 0.05) is 37.3 Å². The normalized spacial score (nSPS) is 28.1. The van der Waals surface area contributed by atoms with Gasteiger partial charge in [0.1, 0.15) is 12.0 Å². The zero-order valence-electron chi connectivity index (χ0n) is 17.6. The van der Waals surface area contributed by atoms with Crippen molar-refractivity contribution in [2.24, 2.45) is 0 Å². The maximum atomic E-state index is 11.9. The third-order valence-electron chi connectivity index (χ3n) is 6.70. The topological polar surface area (TPSA) is 101 Å². The van der Waals surface area contributed by atoms with E-state index in [0.29, 0.717) is 19.8 Å². The fourth-order valence-corrected chi connectivity index (χ4v) is 5.14. The molecule has 162 valence electrons. The molecule has 10 nitrogen and oxygen atoms in total. The molecule has 6 heterocycles. The van der Waals surface area contributed by atoms with Gasteiger partial charge in [-0.3, -0.25) is 9.89 Å². The van der Waals surface area contributed by atoms with Gasteiger partial charge in [-0.25, -0.2) is 4.98 Å². The lowest BCUT2D eigenvalue weighted by Crippen LogP contribution is -2.44. The molecule has 3 aromatic rings. The number of piperidine rings is 1. The molecule has 1 N–H and O–H groups in total. The molecular weight excluding hydrogens is 398 g/mol. The molecule has 2 bridgehead atoms. The number of pyridine rings is 1. The Kier molecular flexibility index (Phi) is 4.25. The summed E-state index contributed by atoms with van der Waals surface area (Å²) in [6, 6.07) is 4.30. The molecule has 3 aromatic heterocycles. The molecule has 31 heavy (non-hydrogen) atoms. The Hall–Kier alpha value is -2.98. The molecule has 3 unspecified atom stereocenters. The van der Waals surface area contributed by atoms with Gasteiger partial charge in [0.15, 0.2) is 11.5 Å². The minimum absolute atomic E-state index is 0.00929. The summed E-state index contributed by atoms with van der Waals surface area (Å²) in [4.78, 5) is 21.1. The van der Waals surface area contributed by atoms with E-state index < -0.39 is 0 Å². The van der Waals surface area contributed by atoms with Crippen LogP contribution in [-0.4, -0.2) is 80.4 Å². The Morgan fingerprint density at radius 3 is 2.97 bits per heavy atom. The van der Waals surface area contributed by atoms with Crippen molar-refractivity contribution in [3.05, 3.63) is 30.1 Å². The second-order valence-electron chi connectivity index (χ2n) is 8.57. The number of hydrogen-bond acceptors (Lipinski definition) is 7. The average Bonchev–Trinajstić information content (AvgIpc) is 3.56. The molecule has 4 atom stereocenters. The summed E-state index contributed by atoms with van der Waals surface area (Å²) in [7, 11) is 0. The summed E-state index contributed by atoms with van der Waals surface area (Å²) in [6.07, 6.45) is 4.21. The number of nitrogens with one attached hydrogen (secondary N) is 1. The van der Waals surface area contributed by atoms with Gasteiger partial charge in [0.2, 0.25) is 5.91 Å². The van der Waals surface area contributed by atoms with Crippen LogP contribution in [0.5, 0.6) is 0 Å². The van der Waals surface area contributed by atoms with E-state index in [4.69, 9.17) is 14.5 Å². The van der Waals surface area contributed by atoms with Crippen LogP contribution in [0.4, 0.5) is 5.82 Å². The van der Waals surface area contributed by atoms with E-state index in [9.17, 15) is 4.79 Å². The lowest BCUT2D eigenvalue weighted by molar-refractivity contribution is -0.133. The van der Waals surface area contributed by atoms with Crippen molar-refractivity contribution < 1.29 is 14.3 Å². The number of morpholine rings is 1. The Morgan fingerprint density at radius 2 is 2.26 bits per heavy atom. The molecule has 0 aromatic carbocycles. The van der Waals surface area contributed by atoms with Gasteiger partial charge in [0.25, 0.3) is 0 Å². The molecule has 3 aliphatic heterocycles. The van der Waals surface area contributed by atoms with Crippen molar-refractivity contribution in [1.29, 1.82) is 0 Å². The number of hydrogen-bond donors (Lipinski definition) is 1. The van der Waals surface area contributed by atoms with E-state index >= 15 is 0 Å². The van der Waals surface area contributed by atoms with Gasteiger partial charge in [-0.15, -0.1) is 0 Å². The monoisotopic (exact) mass is 423 g/mol. The van der Waals surface area contributed by atoms with Gasteiger partial charge < -0.3 is 19.3 Å². The largest absolute Gasteiger partial charge is 0.377 e. The number of carbonyl (C=O) groups is 1. The molecule has 10 heteroatoms. The average molecular weight is 423 g/mol. The van der Waals surface area contributed by atoms with E-state index in [1.54, 1.807) is 17.8 Å². The Balaban J connectivity index is 1.47. The van der Waals surface area contributed by atoms with Crippen molar-refractivity contribution >= 4 is 22.8 Å². The highest BCUT2D eigenvalue weighted by Gasteiger charge is 2.48. The Bertz CT molecular complexity index is 1130. The van der Waals surface area contributed by atoms with Crippen LogP contribution in [0, 0.1) is 0 Å². The quantitative estimate of drug-likeness (QED) is 0.680. The number of aromatic amines is 1. The lowest BCUT2D eigenvalue weighted by atomic mass is 9.87. The molecule has 3 aliphatic rings. The van der Waals surface area contributed by atoms with Crippen LogP contribution >= 0.6 is 0 Å². The summed E-state index contributed by atoms with van der Waals surface area (Å²) in [5.74, 6) is 1.96. The second-order valence-corrected chi connectivity index (χ2v) is 8.57. The standard InChI is InChI=1S/C21H25N7O3/c1-12-11-30-6-5-26(12)19-7-14(15-8-20-27(13(2)29)10-17(15)31-20)16-9-23-28(21(16)24-19)18-3-4-22-25-18/h3-4,7,9,12,15,17,20H,5-6,8,10-11H2,1-2H3,(H,22,25)/t12-,15?,17?,20?/m1/s1. The first kappa shape index (κ1) is 18.8. The number of ether oxygens (including phenoxy) is 2. The van der Waals surface area contributed by atoms with Crippen LogP contribution in [-0.2, 0) is 14.3 Å². The Morgan fingerprint density at radius 1 is 1.35 bits per heavy atom. The second kappa shape index (κ2) is 7.03. The van der Waals surface area contributed by atoms with E-state index in [1.807, 2.05) is 17.2 Å². The first-order chi connectivity index (χ1) is 15.1. The lowest BCUT2D eigenvalue weighted by Gasteiger charge is -2.35. The Labute approximate surface area is 179 Å². The molecule has 0 saturated carbocycles. The van der Waals surface area contributed by atoms with Crippen LogP contribution in [0.2, 0.25) is 0 Å². The van der Waals surface area contributed by atoms with Crippen molar-refractivity contribution in [3.8, 4) is 5.82 Å². The van der Waals surface area contributed by atoms with Gasteiger partial charge in [-0.1, -0.05) is 0 Å². The maximum Gasteiger partial charge on any atom is 0.221 e.